The Morgan fingerprint density at radius 1 is 1.35 bits per heavy atom. The number of halogens is 2. The van der Waals surface area contributed by atoms with E-state index < -0.39 is 0 Å². The third-order valence-electron chi connectivity index (χ3n) is 4.38. The lowest BCUT2D eigenvalue weighted by Gasteiger charge is -2.27. The van der Waals surface area contributed by atoms with E-state index in [1.165, 1.54) is 6.07 Å². The van der Waals surface area contributed by atoms with E-state index >= 15 is 0 Å². The predicted molar refractivity (Wildman–Crippen MR) is 114 cm³/mol. The standard InChI is InChI=1S/C19H30FN3O2.HI/c1-19(2,16-7-4-5-8-17(16)20)14-23-18(21-3)22-10-6-11-25-15-9-12-24-13-15;/h4-5,7-8,15H,6,9-14H2,1-3H3,(H2,21,22,23);1H. The number of benzene rings is 1. The van der Waals surface area contributed by atoms with Crippen molar-refractivity contribution in [3.63, 3.8) is 0 Å². The minimum atomic E-state index is -0.339. The van der Waals surface area contributed by atoms with Crippen LogP contribution >= 0.6 is 24.0 Å². The normalized spacial score (nSPS) is 17.7. The van der Waals surface area contributed by atoms with Gasteiger partial charge in [-0.25, -0.2) is 4.39 Å². The zero-order valence-electron chi connectivity index (χ0n) is 15.9. The second kappa shape index (κ2) is 11.7. The van der Waals surface area contributed by atoms with Crippen molar-refractivity contribution in [1.82, 2.24) is 10.6 Å². The van der Waals surface area contributed by atoms with Crippen LogP contribution in [0.25, 0.3) is 0 Å². The highest BCUT2D eigenvalue weighted by Crippen LogP contribution is 2.24. The van der Waals surface area contributed by atoms with Gasteiger partial charge in [-0.2, -0.15) is 0 Å². The zero-order valence-corrected chi connectivity index (χ0v) is 18.2. The topological polar surface area (TPSA) is 54.9 Å². The fraction of sp³-hybridized carbons (Fsp3) is 0.632. The van der Waals surface area contributed by atoms with Crippen molar-refractivity contribution >= 4 is 29.9 Å². The lowest BCUT2D eigenvalue weighted by Crippen LogP contribution is -2.44. The van der Waals surface area contributed by atoms with Crippen LogP contribution < -0.4 is 10.6 Å². The molecule has 7 heteroatoms. The molecule has 1 atom stereocenters. The van der Waals surface area contributed by atoms with E-state index in [4.69, 9.17) is 9.47 Å². The molecule has 1 aromatic rings. The first-order chi connectivity index (χ1) is 12.0. The van der Waals surface area contributed by atoms with Crippen molar-refractivity contribution in [2.45, 2.75) is 38.2 Å². The molecule has 0 saturated carbocycles. The molecule has 1 saturated heterocycles. The first-order valence-corrected chi connectivity index (χ1v) is 8.92. The summed E-state index contributed by atoms with van der Waals surface area (Å²) in [6.45, 7) is 7.61. The minimum Gasteiger partial charge on any atom is -0.379 e. The van der Waals surface area contributed by atoms with E-state index in [1.54, 1.807) is 13.1 Å². The molecule has 1 unspecified atom stereocenters. The number of aliphatic imine (C=N–C) groups is 1. The van der Waals surface area contributed by atoms with E-state index in [-0.39, 0.29) is 41.3 Å². The summed E-state index contributed by atoms with van der Waals surface area (Å²) in [6, 6.07) is 6.90. The van der Waals surface area contributed by atoms with Gasteiger partial charge in [0.05, 0.1) is 12.7 Å². The van der Waals surface area contributed by atoms with Gasteiger partial charge in [-0.3, -0.25) is 4.99 Å². The Morgan fingerprint density at radius 2 is 2.12 bits per heavy atom. The molecule has 1 aliphatic rings. The van der Waals surface area contributed by atoms with Crippen molar-refractivity contribution < 1.29 is 13.9 Å². The molecule has 0 spiro atoms. The first kappa shape index (κ1) is 23.1. The Bertz CT molecular complexity index is 563. The molecule has 2 N–H and O–H groups in total. The Morgan fingerprint density at radius 3 is 2.77 bits per heavy atom. The highest BCUT2D eigenvalue weighted by molar-refractivity contribution is 14.0. The molecule has 0 amide bonds. The zero-order chi connectivity index (χ0) is 18.1. The van der Waals surface area contributed by atoms with Crippen LogP contribution in [0.15, 0.2) is 29.3 Å². The quantitative estimate of drug-likeness (QED) is 0.261. The maximum absolute atomic E-state index is 14.0. The molecule has 1 fully saturated rings. The van der Waals surface area contributed by atoms with E-state index in [0.717, 1.165) is 26.0 Å². The Labute approximate surface area is 173 Å². The van der Waals surface area contributed by atoms with Gasteiger partial charge in [0.1, 0.15) is 5.82 Å². The number of hydrogen-bond acceptors (Lipinski definition) is 3. The van der Waals surface area contributed by atoms with Crippen LogP contribution in [-0.4, -0.2) is 52.0 Å². The van der Waals surface area contributed by atoms with Gasteiger partial charge in [0.15, 0.2) is 5.96 Å². The average molecular weight is 479 g/mol. The summed E-state index contributed by atoms with van der Waals surface area (Å²) in [4.78, 5) is 4.22. The largest absolute Gasteiger partial charge is 0.379 e. The molecule has 0 aliphatic carbocycles. The summed E-state index contributed by atoms with van der Waals surface area (Å²) >= 11 is 0. The summed E-state index contributed by atoms with van der Waals surface area (Å²) in [5, 5.41) is 6.55. The number of rotatable bonds is 8. The van der Waals surface area contributed by atoms with Crippen LogP contribution in [0.2, 0.25) is 0 Å². The number of hydrogen-bond donors (Lipinski definition) is 2. The van der Waals surface area contributed by atoms with Gasteiger partial charge in [0, 0.05) is 38.8 Å². The first-order valence-electron chi connectivity index (χ1n) is 8.92. The van der Waals surface area contributed by atoms with Crippen LogP contribution in [0, 0.1) is 5.82 Å². The third kappa shape index (κ3) is 7.36. The monoisotopic (exact) mass is 479 g/mol. The highest BCUT2D eigenvalue weighted by Gasteiger charge is 2.24. The lowest BCUT2D eigenvalue weighted by atomic mass is 9.84. The lowest BCUT2D eigenvalue weighted by molar-refractivity contribution is 0.0420. The van der Waals surface area contributed by atoms with Crippen molar-refractivity contribution in [1.29, 1.82) is 0 Å². The third-order valence-corrected chi connectivity index (χ3v) is 4.38. The summed E-state index contributed by atoms with van der Waals surface area (Å²) in [5.41, 5.74) is 0.360. The molecule has 148 valence electrons. The molecule has 26 heavy (non-hydrogen) atoms. The van der Waals surface area contributed by atoms with Crippen molar-refractivity contribution in [3.05, 3.63) is 35.6 Å². The smallest absolute Gasteiger partial charge is 0.191 e. The maximum atomic E-state index is 14.0. The van der Waals surface area contributed by atoms with Crippen molar-refractivity contribution in [3.8, 4) is 0 Å². The van der Waals surface area contributed by atoms with Gasteiger partial charge in [0.2, 0.25) is 0 Å². The molecule has 0 aromatic heterocycles. The molecule has 2 rings (SSSR count). The number of guanidine groups is 1. The molecular formula is C19H31FIN3O2. The van der Waals surface area contributed by atoms with Crippen LogP contribution in [0.5, 0.6) is 0 Å². The van der Waals surface area contributed by atoms with Crippen LogP contribution in [0.1, 0.15) is 32.3 Å². The fourth-order valence-electron chi connectivity index (χ4n) is 2.80. The Balaban J connectivity index is 0.00000338. The van der Waals surface area contributed by atoms with Gasteiger partial charge < -0.3 is 20.1 Å². The second-order valence-corrected chi connectivity index (χ2v) is 6.93. The Kier molecular flexibility index (Phi) is 10.4. The number of nitrogens with one attached hydrogen (secondary N) is 2. The molecular weight excluding hydrogens is 448 g/mol. The molecule has 1 aromatic carbocycles. The molecule has 0 radical (unpaired) electrons. The SMILES string of the molecule is CN=C(NCCCOC1CCOC1)NCC(C)(C)c1ccccc1F.I. The van der Waals surface area contributed by atoms with Gasteiger partial charge in [-0.1, -0.05) is 32.0 Å². The fourth-order valence-corrected chi connectivity index (χ4v) is 2.80. The highest BCUT2D eigenvalue weighted by atomic mass is 127. The van der Waals surface area contributed by atoms with E-state index in [2.05, 4.69) is 15.6 Å². The van der Waals surface area contributed by atoms with Gasteiger partial charge in [0.25, 0.3) is 0 Å². The van der Waals surface area contributed by atoms with Gasteiger partial charge >= 0.3 is 0 Å². The summed E-state index contributed by atoms with van der Waals surface area (Å²) in [7, 11) is 1.73. The molecule has 0 bridgehead atoms. The summed E-state index contributed by atoms with van der Waals surface area (Å²) < 4.78 is 25.0. The van der Waals surface area contributed by atoms with Crippen LogP contribution in [0.3, 0.4) is 0 Å². The maximum Gasteiger partial charge on any atom is 0.191 e. The van der Waals surface area contributed by atoms with E-state index in [0.29, 0.717) is 31.3 Å². The number of nitrogens with zero attached hydrogens (tertiary/aromatic N) is 1. The predicted octanol–water partition coefficient (Wildman–Crippen LogP) is 3.08. The molecule has 1 heterocycles. The molecule has 1 aliphatic heterocycles. The number of ether oxygens (including phenoxy) is 2. The van der Waals surface area contributed by atoms with Gasteiger partial charge in [-0.15, -0.1) is 24.0 Å². The minimum absolute atomic E-state index is 0. The van der Waals surface area contributed by atoms with Crippen molar-refractivity contribution in [2.75, 3.05) is 40.0 Å². The van der Waals surface area contributed by atoms with Crippen LogP contribution in [0.4, 0.5) is 4.39 Å². The summed E-state index contributed by atoms with van der Waals surface area (Å²) in [6.07, 6.45) is 2.13. The van der Waals surface area contributed by atoms with Crippen LogP contribution in [-0.2, 0) is 14.9 Å². The van der Waals surface area contributed by atoms with Crippen molar-refractivity contribution in [2.24, 2.45) is 4.99 Å². The second-order valence-electron chi connectivity index (χ2n) is 6.93. The van der Waals surface area contributed by atoms with E-state index in [1.807, 2.05) is 26.0 Å². The average Bonchev–Trinajstić information content (AvgIpc) is 3.11. The van der Waals surface area contributed by atoms with E-state index in [9.17, 15) is 4.39 Å². The summed E-state index contributed by atoms with van der Waals surface area (Å²) in [5.74, 6) is 0.541. The molecule has 5 nitrogen and oxygen atoms in total. The Hall–Kier alpha value is -0.930. The van der Waals surface area contributed by atoms with Gasteiger partial charge in [-0.05, 0) is 24.5 Å².